The van der Waals surface area contributed by atoms with Gasteiger partial charge in [0.05, 0.1) is 20.7 Å². The van der Waals surface area contributed by atoms with Gasteiger partial charge in [0, 0.05) is 18.8 Å². The second-order valence-corrected chi connectivity index (χ2v) is 5.57. The lowest BCUT2D eigenvalue weighted by Crippen LogP contribution is -2.34. The van der Waals surface area contributed by atoms with E-state index in [0.717, 1.165) is 0 Å². The first-order chi connectivity index (χ1) is 8.49. The highest BCUT2D eigenvalue weighted by atomic mass is 35.5. The Hall–Kier alpha value is -1.07. The van der Waals surface area contributed by atoms with E-state index >= 15 is 0 Å². The second-order valence-electron chi connectivity index (χ2n) is 3.75. The van der Waals surface area contributed by atoms with Crippen LogP contribution in [-0.2, 0) is 15.6 Å². The zero-order valence-corrected chi connectivity index (χ0v) is 12.1. The Labute approximate surface area is 115 Å². The highest BCUT2D eigenvalue weighted by molar-refractivity contribution is 7.85. The van der Waals surface area contributed by atoms with Crippen LogP contribution in [0.1, 0.15) is 13.8 Å². The van der Waals surface area contributed by atoms with Crippen molar-refractivity contribution in [3.63, 3.8) is 0 Å². The average Bonchev–Trinajstić information content (AvgIpc) is 2.30. The number of amides is 1. The quantitative estimate of drug-likeness (QED) is 0.842. The van der Waals surface area contributed by atoms with Crippen molar-refractivity contribution in [2.45, 2.75) is 18.7 Å². The van der Waals surface area contributed by atoms with Gasteiger partial charge in [-0.25, -0.2) is 0 Å². The first kappa shape index (κ1) is 15.0. The Balaban J connectivity index is 2.79. The van der Waals surface area contributed by atoms with Crippen molar-refractivity contribution >= 4 is 34.0 Å². The highest BCUT2D eigenvalue weighted by Gasteiger charge is 2.16. The van der Waals surface area contributed by atoms with Crippen LogP contribution in [0.2, 0.25) is 5.02 Å². The minimum absolute atomic E-state index is 0.0503. The predicted octanol–water partition coefficient (Wildman–Crippen LogP) is 1.90. The zero-order valence-electron chi connectivity index (χ0n) is 10.5. The largest absolute Gasteiger partial charge is 0.399 e. The number of rotatable bonds is 5. The molecule has 6 heteroatoms. The summed E-state index contributed by atoms with van der Waals surface area (Å²) < 4.78 is 12.1. The van der Waals surface area contributed by atoms with Crippen molar-refractivity contribution in [2.24, 2.45) is 0 Å². The van der Waals surface area contributed by atoms with Gasteiger partial charge in [0.1, 0.15) is 5.75 Å². The summed E-state index contributed by atoms with van der Waals surface area (Å²) in [5, 5.41) is 0.334. The third-order valence-electron chi connectivity index (χ3n) is 2.57. The molecule has 0 saturated carbocycles. The molecule has 0 saturated heterocycles. The zero-order chi connectivity index (χ0) is 13.7. The first-order valence-corrected chi connectivity index (χ1v) is 7.40. The van der Waals surface area contributed by atoms with Crippen molar-refractivity contribution in [3.05, 3.63) is 23.2 Å². The molecule has 0 spiro atoms. The summed E-state index contributed by atoms with van der Waals surface area (Å²) >= 11 is 5.96. The summed E-state index contributed by atoms with van der Waals surface area (Å²) in [6.07, 6.45) is 0. The van der Waals surface area contributed by atoms with Gasteiger partial charge in [-0.2, -0.15) is 0 Å². The number of hydrogen-bond acceptors (Lipinski definition) is 3. The normalized spacial score (nSPS) is 12.2. The maximum Gasteiger partial charge on any atom is 0.235 e. The topological polar surface area (TPSA) is 63.4 Å². The molecule has 0 aromatic heterocycles. The van der Waals surface area contributed by atoms with Crippen molar-refractivity contribution in [2.75, 3.05) is 24.6 Å². The molecule has 0 aliphatic rings. The van der Waals surface area contributed by atoms with Gasteiger partial charge in [0.2, 0.25) is 5.91 Å². The summed E-state index contributed by atoms with van der Waals surface area (Å²) in [4.78, 5) is 13.9. The third-order valence-corrected chi connectivity index (χ3v) is 4.35. The van der Waals surface area contributed by atoms with E-state index in [-0.39, 0.29) is 11.7 Å². The molecule has 1 aromatic rings. The molecule has 0 fully saturated rings. The van der Waals surface area contributed by atoms with Crippen LogP contribution in [0.15, 0.2) is 23.1 Å². The number of anilines is 1. The lowest BCUT2D eigenvalue weighted by Gasteiger charge is -2.18. The van der Waals surface area contributed by atoms with Crippen LogP contribution in [0.4, 0.5) is 5.69 Å². The van der Waals surface area contributed by atoms with Gasteiger partial charge < -0.3 is 10.6 Å². The number of carbonyl (C=O) groups is 1. The van der Waals surface area contributed by atoms with Crippen LogP contribution in [-0.4, -0.2) is 33.9 Å². The van der Waals surface area contributed by atoms with Gasteiger partial charge in [0.15, 0.2) is 0 Å². The number of nitrogens with two attached hydrogens (primary N) is 1. The van der Waals surface area contributed by atoms with Crippen LogP contribution >= 0.6 is 11.6 Å². The minimum atomic E-state index is -1.44. The molecule has 0 bridgehead atoms. The molecule has 0 aliphatic heterocycles. The molecule has 0 heterocycles. The van der Waals surface area contributed by atoms with Crippen molar-refractivity contribution in [3.8, 4) is 0 Å². The van der Waals surface area contributed by atoms with E-state index in [1.807, 2.05) is 13.8 Å². The first-order valence-electron chi connectivity index (χ1n) is 5.70. The van der Waals surface area contributed by atoms with Crippen LogP contribution < -0.4 is 5.73 Å². The van der Waals surface area contributed by atoms with E-state index in [4.69, 9.17) is 17.3 Å². The Bertz CT molecular complexity index is 461. The van der Waals surface area contributed by atoms with Crippen LogP contribution in [0, 0.1) is 0 Å². The molecule has 1 unspecified atom stereocenters. The molecular formula is C12H17ClN2O2S. The molecule has 0 radical (unpaired) electrons. The van der Waals surface area contributed by atoms with Gasteiger partial charge in [-0.15, -0.1) is 0 Å². The van der Waals surface area contributed by atoms with E-state index in [9.17, 15) is 9.00 Å². The number of carbonyl (C=O) groups excluding carboxylic acids is 1. The fourth-order valence-electron chi connectivity index (χ4n) is 1.56. The van der Waals surface area contributed by atoms with Gasteiger partial charge in [-0.05, 0) is 32.0 Å². The maximum absolute atomic E-state index is 12.1. The monoisotopic (exact) mass is 288 g/mol. The molecule has 1 rings (SSSR count). The Morgan fingerprint density at radius 3 is 2.50 bits per heavy atom. The number of halogens is 1. The Kier molecular flexibility index (Phi) is 5.62. The van der Waals surface area contributed by atoms with E-state index in [1.165, 1.54) is 6.07 Å². The Morgan fingerprint density at radius 2 is 2.00 bits per heavy atom. The van der Waals surface area contributed by atoms with E-state index in [0.29, 0.717) is 28.7 Å². The van der Waals surface area contributed by atoms with E-state index in [2.05, 4.69) is 0 Å². The molecule has 18 heavy (non-hydrogen) atoms. The smallest absolute Gasteiger partial charge is 0.235 e. The van der Waals surface area contributed by atoms with Crippen LogP contribution in [0.3, 0.4) is 0 Å². The number of nitrogen functional groups attached to an aromatic ring is 1. The standard InChI is InChI=1S/C12H17ClN2O2S/c1-3-15(4-2)12(16)8-18(17)11-6-5-9(14)7-10(11)13/h5-7H,3-4,8,14H2,1-2H3. The van der Waals surface area contributed by atoms with Gasteiger partial charge >= 0.3 is 0 Å². The maximum atomic E-state index is 12.1. The fourth-order valence-corrected chi connectivity index (χ4v) is 3.06. The summed E-state index contributed by atoms with van der Waals surface area (Å²) in [6.45, 7) is 5.00. The van der Waals surface area contributed by atoms with Gasteiger partial charge in [-0.1, -0.05) is 11.6 Å². The van der Waals surface area contributed by atoms with Crippen molar-refractivity contribution in [1.29, 1.82) is 0 Å². The van der Waals surface area contributed by atoms with Crippen LogP contribution in [0.5, 0.6) is 0 Å². The number of hydrogen-bond donors (Lipinski definition) is 1. The average molecular weight is 289 g/mol. The van der Waals surface area contributed by atoms with Gasteiger partial charge in [0.25, 0.3) is 0 Å². The molecule has 1 amide bonds. The van der Waals surface area contributed by atoms with Gasteiger partial charge in [-0.3, -0.25) is 9.00 Å². The lowest BCUT2D eigenvalue weighted by molar-refractivity contribution is -0.128. The number of nitrogens with zero attached hydrogens (tertiary/aromatic N) is 1. The second kappa shape index (κ2) is 6.75. The summed E-state index contributed by atoms with van der Waals surface area (Å²) in [5.41, 5.74) is 6.07. The molecule has 2 N–H and O–H groups in total. The van der Waals surface area contributed by atoms with Crippen molar-refractivity contribution < 1.29 is 9.00 Å². The van der Waals surface area contributed by atoms with Crippen molar-refractivity contribution in [1.82, 2.24) is 4.90 Å². The Morgan fingerprint density at radius 1 is 1.39 bits per heavy atom. The molecule has 1 atom stereocenters. The lowest BCUT2D eigenvalue weighted by atomic mass is 10.3. The van der Waals surface area contributed by atoms with E-state index in [1.54, 1.807) is 17.0 Å². The predicted molar refractivity (Wildman–Crippen MR) is 75.1 cm³/mol. The fraction of sp³-hybridized carbons (Fsp3) is 0.417. The van der Waals surface area contributed by atoms with Crippen LogP contribution in [0.25, 0.3) is 0 Å². The minimum Gasteiger partial charge on any atom is -0.399 e. The molecule has 4 nitrogen and oxygen atoms in total. The molecule has 1 aromatic carbocycles. The SMILES string of the molecule is CCN(CC)C(=O)CS(=O)c1ccc(N)cc1Cl. The molecular weight excluding hydrogens is 272 g/mol. The summed E-state index contributed by atoms with van der Waals surface area (Å²) in [7, 11) is -1.44. The highest BCUT2D eigenvalue weighted by Crippen LogP contribution is 2.22. The third kappa shape index (κ3) is 3.71. The summed E-state index contributed by atoms with van der Waals surface area (Å²) in [6, 6.07) is 4.76. The summed E-state index contributed by atoms with van der Waals surface area (Å²) in [5.74, 6) is -0.183. The number of benzene rings is 1. The van der Waals surface area contributed by atoms with E-state index < -0.39 is 10.8 Å². The molecule has 0 aliphatic carbocycles. The molecule has 100 valence electrons.